The molecule has 0 aliphatic heterocycles. The predicted octanol–water partition coefficient (Wildman–Crippen LogP) is 3.26. The van der Waals surface area contributed by atoms with Crippen LogP contribution >= 0.6 is 0 Å². The molecule has 1 heterocycles. The lowest BCUT2D eigenvalue weighted by Crippen LogP contribution is -2.11. The molecule has 0 amide bonds. The van der Waals surface area contributed by atoms with E-state index in [1.165, 1.54) is 19.3 Å². The molecule has 0 saturated heterocycles. The average molecular weight is 222 g/mol. The Balaban J connectivity index is 2.34. The van der Waals surface area contributed by atoms with Crippen LogP contribution in [0.5, 0.6) is 5.88 Å². The number of nitrogen functional groups attached to an aromatic ring is 1. The second-order valence-corrected chi connectivity index (χ2v) is 4.16. The first-order chi connectivity index (χ1) is 7.76. The highest BCUT2D eigenvalue weighted by molar-refractivity contribution is 5.35. The fourth-order valence-corrected chi connectivity index (χ4v) is 1.58. The van der Waals surface area contributed by atoms with Gasteiger partial charge in [0, 0.05) is 6.07 Å². The second kappa shape index (κ2) is 7.09. The summed E-state index contributed by atoms with van der Waals surface area (Å²) in [6, 6.07) is 3.64. The molecule has 0 radical (unpaired) electrons. The zero-order valence-electron chi connectivity index (χ0n) is 10.3. The van der Waals surface area contributed by atoms with E-state index in [2.05, 4.69) is 18.8 Å². The Morgan fingerprint density at radius 3 is 2.75 bits per heavy atom. The van der Waals surface area contributed by atoms with Crippen LogP contribution < -0.4 is 10.5 Å². The van der Waals surface area contributed by atoms with Gasteiger partial charge in [0.1, 0.15) is 0 Å². The molecule has 0 aliphatic carbocycles. The Kier molecular flexibility index (Phi) is 5.68. The smallest absolute Gasteiger partial charge is 0.213 e. The zero-order valence-corrected chi connectivity index (χ0v) is 10.3. The van der Waals surface area contributed by atoms with Crippen molar-refractivity contribution < 1.29 is 4.74 Å². The molecule has 1 aromatic rings. The minimum absolute atomic E-state index is 0.638. The lowest BCUT2D eigenvalue weighted by atomic mass is 10.0. The summed E-state index contributed by atoms with van der Waals surface area (Å²) in [7, 11) is 0. The Bertz CT molecular complexity index is 284. The number of anilines is 1. The van der Waals surface area contributed by atoms with Crippen LogP contribution in [0, 0.1) is 5.92 Å². The van der Waals surface area contributed by atoms with E-state index in [-0.39, 0.29) is 0 Å². The van der Waals surface area contributed by atoms with Crippen molar-refractivity contribution in [3.8, 4) is 5.88 Å². The van der Waals surface area contributed by atoms with E-state index >= 15 is 0 Å². The number of hydrogen-bond donors (Lipinski definition) is 1. The van der Waals surface area contributed by atoms with Gasteiger partial charge in [-0.1, -0.05) is 33.1 Å². The topological polar surface area (TPSA) is 48.1 Å². The Morgan fingerprint density at radius 2 is 2.19 bits per heavy atom. The molecule has 3 heteroatoms. The molecule has 0 bridgehead atoms. The van der Waals surface area contributed by atoms with E-state index < -0.39 is 0 Å². The fraction of sp³-hybridized carbons (Fsp3) is 0.615. The van der Waals surface area contributed by atoms with Crippen LogP contribution in [0.3, 0.4) is 0 Å². The maximum atomic E-state index is 5.64. The highest BCUT2D eigenvalue weighted by atomic mass is 16.5. The number of hydrogen-bond acceptors (Lipinski definition) is 3. The van der Waals surface area contributed by atoms with Gasteiger partial charge >= 0.3 is 0 Å². The molecule has 90 valence electrons. The summed E-state index contributed by atoms with van der Waals surface area (Å²) >= 11 is 0. The van der Waals surface area contributed by atoms with Gasteiger partial charge in [-0.05, 0) is 18.4 Å². The third-order valence-corrected chi connectivity index (χ3v) is 2.77. The number of rotatable bonds is 7. The number of aromatic nitrogens is 1. The number of pyridine rings is 1. The van der Waals surface area contributed by atoms with Crippen LogP contribution in [-0.2, 0) is 0 Å². The zero-order chi connectivity index (χ0) is 11.8. The van der Waals surface area contributed by atoms with Crippen molar-refractivity contribution >= 4 is 5.69 Å². The molecule has 1 unspecified atom stereocenters. The molecule has 2 N–H and O–H groups in total. The first-order valence-corrected chi connectivity index (χ1v) is 6.10. The van der Waals surface area contributed by atoms with E-state index in [4.69, 9.17) is 10.5 Å². The Morgan fingerprint density at radius 1 is 1.38 bits per heavy atom. The lowest BCUT2D eigenvalue weighted by Gasteiger charge is -2.14. The van der Waals surface area contributed by atoms with Gasteiger partial charge in [0.25, 0.3) is 0 Å². The summed E-state index contributed by atoms with van der Waals surface area (Å²) in [6.07, 6.45) is 6.55. The minimum atomic E-state index is 0.638. The summed E-state index contributed by atoms with van der Waals surface area (Å²) < 4.78 is 5.64. The highest BCUT2D eigenvalue weighted by Gasteiger charge is 2.07. The van der Waals surface area contributed by atoms with E-state index in [1.54, 1.807) is 6.20 Å². The van der Waals surface area contributed by atoms with Crippen molar-refractivity contribution in [2.45, 2.75) is 39.5 Å². The molecule has 16 heavy (non-hydrogen) atoms. The van der Waals surface area contributed by atoms with Gasteiger partial charge in [0.05, 0.1) is 18.5 Å². The molecule has 1 atom stereocenters. The van der Waals surface area contributed by atoms with Crippen molar-refractivity contribution in [2.75, 3.05) is 12.3 Å². The van der Waals surface area contributed by atoms with E-state index in [9.17, 15) is 0 Å². The molecule has 0 saturated carbocycles. The van der Waals surface area contributed by atoms with Gasteiger partial charge in [-0.25, -0.2) is 4.98 Å². The van der Waals surface area contributed by atoms with Gasteiger partial charge < -0.3 is 10.5 Å². The Labute approximate surface area is 98.0 Å². The quantitative estimate of drug-likeness (QED) is 0.770. The standard InChI is InChI=1S/C13H22N2O/c1-3-5-6-11(4-2)10-16-13-8-7-12(14)9-15-13/h7-9,11H,3-6,10,14H2,1-2H3. The number of ether oxygens (including phenoxy) is 1. The highest BCUT2D eigenvalue weighted by Crippen LogP contribution is 2.15. The van der Waals surface area contributed by atoms with Crippen molar-refractivity contribution in [2.24, 2.45) is 5.92 Å². The summed E-state index contributed by atoms with van der Waals surface area (Å²) in [6.45, 7) is 5.18. The molecular weight excluding hydrogens is 200 g/mol. The fourth-order valence-electron chi connectivity index (χ4n) is 1.58. The van der Waals surface area contributed by atoms with Crippen LogP contribution in [0.2, 0.25) is 0 Å². The number of nitrogens with zero attached hydrogens (tertiary/aromatic N) is 1. The molecule has 0 aliphatic rings. The van der Waals surface area contributed by atoms with Crippen molar-refractivity contribution in [1.82, 2.24) is 4.98 Å². The maximum Gasteiger partial charge on any atom is 0.213 e. The SMILES string of the molecule is CCCCC(CC)COc1ccc(N)cn1. The van der Waals surface area contributed by atoms with E-state index in [1.807, 2.05) is 12.1 Å². The molecule has 0 aromatic carbocycles. The first-order valence-electron chi connectivity index (χ1n) is 6.10. The van der Waals surface area contributed by atoms with Gasteiger partial charge in [-0.15, -0.1) is 0 Å². The predicted molar refractivity (Wildman–Crippen MR) is 67.5 cm³/mol. The van der Waals surface area contributed by atoms with Crippen LogP contribution in [0.25, 0.3) is 0 Å². The number of nitrogens with two attached hydrogens (primary N) is 1. The molecule has 0 spiro atoms. The van der Waals surface area contributed by atoms with Gasteiger partial charge in [-0.3, -0.25) is 0 Å². The second-order valence-electron chi connectivity index (χ2n) is 4.16. The summed E-state index contributed by atoms with van der Waals surface area (Å²) in [5.74, 6) is 1.31. The summed E-state index contributed by atoms with van der Waals surface area (Å²) in [5.41, 5.74) is 6.23. The largest absolute Gasteiger partial charge is 0.477 e. The van der Waals surface area contributed by atoms with E-state index in [0.717, 1.165) is 13.0 Å². The van der Waals surface area contributed by atoms with Gasteiger partial charge in [0.15, 0.2) is 0 Å². The van der Waals surface area contributed by atoms with Crippen molar-refractivity contribution in [3.05, 3.63) is 18.3 Å². The Hall–Kier alpha value is -1.25. The van der Waals surface area contributed by atoms with Gasteiger partial charge in [-0.2, -0.15) is 0 Å². The summed E-state index contributed by atoms with van der Waals surface area (Å²) in [5, 5.41) is 0. The third kappa shape index (κ3) is 4.51. The van der Waals surface area contributed by atoms with Crippen molar-refractivity contribution in [1.29, 1.82) is 0 Å². The number of unbranched alkanes of at least 4 members (excludes halogenated alkanes) is 1. The molecule has 1 rings (SSSR count). The van der Waals surface area contributed by atoms with Crippen LogP contribution in [-0.4, -0.2) is 11.6 Å². The average Bonchev–Trinajstić information content (AvgIpc) is 2.32. The molecular formula is C13H22N2O. The lowest BCUT2D eigenvalue weighted by molar-refractivity contribution is 0.226. The van der Waals surface area contributed by atoms with Gasteiger partial charge in [0.2, 0.25) is 5.88 Å². The minimum Gasteiger partial charge on any atom is -0.477 e. The first kappa shape index (κ1) is 12.8. The van der Waals surface area contributed by atoms with Crippen LogP contribution in [0.1, 0.15) is 39.5 Å². The maximum absolute atomic E-state index is 5.64. The molecule has 3 nitrogen and oxygen atoms in total. The summed E-state index contributed by atoms with van der Waals surface area (Å²) in [4.78, 5) is 4.12. The molecule has 0 fully saturated rings. The van der Waals surface area contributed by atoms with E-state index in [0.29, 0.717) is 17.5 Å². The third-order valence-electron chi connectivity index (χ3n) is 2.77. The van der Waals surface area contributed by atoms with Crippen molar-refractivity contribution in [3.63, 3.8) is 0 Å². The van der Waals surface area contributed by atoms with Crippen LogP contribution in [0.15, 0.2) is 18.3 Å². The monoisotopic (exact) mass is 222 g/mol. The van der Waals surface area contributed by atoms with Crippen LogP contribution in [0.4, 0.5) is 5.69 Å². The normalized spacial score (nSPS) is 12.4. The molecule has 1 aromatic heterocycles.